The maximum absolute atomic E-state index is 11.8. The van der Waals surface area contributed by atoms with Gasteiger partial charge in [0.05, 0.1) is 12.5 Å². The third-order valence-corrected chi connectivity index (χ3v) is 3.57. The summed E-state index contributed by atoms with van der Waals surface area (Å²) in [5.74, 6) is -0.234. The van der Waals surface area contributed by atoms with E-state index in [1.54, 1.807) is 0 Å². The van der Waals surface area contributed by atoms with Crippen molar-refractivity contribution in [2.45, 2.75) is 31.7 Å². The molecule has 6 heteroatoms. The largest absolute Gasteiger partial charge is 0.343 e. The average molecular weight is 253 g/mol. The normalized spacial score (nSPS) is 24.2. The number of hydrogen-bond donors (Lipinski definition) is 1. The summed E-state index contributed by atoms with van der Waals surface area (Å²) >= 11 is 0. The fourth-order valence-electron chi connectivity index (χ4n) is 2.39. The second-order valence-electron chi connectivity index (χ2n) is 4.84. The molecule has 2 saturated heterocycles. The van der Waals surface area contributed by atoms with Crippen molar-refractivity contribution in [3.05, 3.63) is 0 Å². The van der Waals surface area contributed by atoms with Crippen molar-refractivity contribution >= 4 is 17.7 Å². The van der Waals surface area contributed by atoms with Crippen molar-refractivity contribution in [3.8, 4) is 0 Å². The van der Waals surface area contributed by atoms with Gasteiger partial charge < -0.3 is 10.2 Å². The van der Waals surface area contributed by atoms with Crippen molar-refractivity contribution in [1.29, 1.82) is 0 Å². The van der Waals surface area contributed by atoms with Crippen LogP contribution in [-0.4, -0.2) is 60.2 Å². The zero-order chi connectivity index (χ0) is 13.1. The summed E-state index contributed by atoms with van der Waals surface area (Å²) in [7, 11) is 1.49. The lowest BCUT2D eigenvalue weighted by atomic mass is 10.2. The predicted octanol–water partition coefficient (Wildman–Crippen LogP) is -0.654. The van der Waals surface area contributed by atoms with Gasteiger partial charge in [-0.3, -0.25) is 19.3 Å². The zero-order valence-electron chi connectivity index (χ0n) is 10.6. The van der Waals surface area contributed by atoms with Crippen LogP contribution in [0.4, 0.5) is 0 Å². The van der Waals surface area contributed by atoms with Crippen LogP contribution in [0.1, 0.15) is 25.7 Å². The Hall–Kier alpha value is -1.43. The Bertz CT molecular complexity index is 364. The molecule has 18 heavy (non-hydrogen) atoms. The second-order valence-corrected chi connectivity index (χ2v) is 4.84. The van der Waals surface area contributed by atoms with Crippen molar-refractivity contribution in [3.63, 3.8) is 0 Å². The quantitative estimate of drug-likeness (QED) is 0.676. The minimum absolute atomic E-state index is 0.130. The van der Waals surface area contributed by atoms with Crippen LogP contribution in [0.3, 0.4) is 0 Å². The molecule has 0 aromatic rings. The fraction of sp³-hybridized carbons (Fsp3) is 0.750. The van der Waals surface area contributed by atoms with Crippen LogP contribution < -0.4 is 5.32 Å². The van der Waals surface area contributed by atoms with Crippen molar-refractivity contribution in [1.82, 2.24) is 15.1 Å². The van der Waals surface area contributed by atoms with Crippen molar-refractivity contribution in [2.24, 2.45) is 0 Å². The molecule has 0 bridgehead atoms. The highest BCUT2D eigenvalue weighted by molar-refractivity contribution is 6.05. The van der Waals surface area contributed by atoms with Gasteiger partial charge in [-0.25, -0.2) is 0 Å². The van der Waals surface area contributed by atoms with Gasteiger partial charge in [-0.1, -0.05) is 0 Å². The lowest BCUT2D eigenvalue weighted by molar-refractivity contribution is -0.137. The Kier molecular flexibility index (Phi) is 3.96. The zero-order valence-corrected chi connectivity index (χ0v) is 10.6. The second kappa shape index (κ2) is 5.48. The first-order valence-electron chi connectivity index (χ1n) is 6.41. The average Bonchev–Trinajstić information content (AvgIpc) is 2.95. The highest BCUT2D eigenvalue weighted by Gasteiger charge is 2.35. The van der Waals surface area contributed by atoms with Crippen LogP contribution in [-0.2, 0) is 14.4 Å². The van der Waals surface area contributed by atoms with E-state index in [4.69, 9.17) is 0 Å². The molecule has 3 amide bonds. The number of likely N-dealkylation sites (tertiary alicyclic amines) is 2. The van der Waals surface area contributed by atoms with Crippen LogP contribution in [0.2, 0.25) is 0 Å². The molecule has 2 aliphatic heterocycles. The van der Waals surface area contributed by atoms with Crippen LogP contribution in [0.5, 0.6) is 0 Å². The number of hydrogen-bond acceptors (Lipinski definition) is 4. The smallest absolute Gasteiger partial charge is 0.246 e. The number of nitrogens with zero attached hydrogens (tertiary/aromatic N) is 2. The van der Waals surface area contributed by atoms with Gasteiger partial charge in [0.15, 0.2) is 0 Å². The number of carbonyl (C=O) groups excluding carboxylic acids is 3. The third-order valence-electron chi connectivity index (χ3n) is 3.57. The van der Waals surface area contributed by atoms with E-state index < -0.39 is 6.04 Å². The van der Waals surface area contributed by atoms with Gasteiger partial charge in [-0.15, -0.1) is 0 Å². The van der Waals surface area contributed by atoms with Gasteiger partial charge in [0.1, 0.15) is 0 Å². The van der Waals surface area contributed by atoms with E-state index in [1.165, 1.54) is 7.05 Å². The maximum Gasteiger partial charge on any atom is 0.246 e. The summed E-state index contributed by atoms with van der Waals surface area (Å²) in [5, 5.41) is 2.99. The number of nitrogens with one attached hydrogen (secondary N) is 1. The van der Waals surface area contributed by atoms with E-state index in [0.717, 1.165) is 30.8 Å². The first-order chi connectivity index (χ1) is 8.59. The lowest BCUT2D eigenvalue weighted by Gasteiger charge is -2.16. The summed E-state index contributed by atoms with van der Waals surface area (Å²) in [4.78, 5) is 37.6. The van der Waals surface area contributed by atoms with Gasteiger partial charge >= 0.3 is 0 Å². The first kappa shape index (κ1) is 13.0. The molecule has 6 nitrogen and oxygen atoms in total. The predicted molar refractivity (Wildman–Crippen MR) is 64.6 cm³/mol. The van der Waals surface area contributed by atoms with Gasteiger partial charge in [-0.05, 0) is 12.8 Å². The van der Waals surface area contributed by atoms with E-state index in [9.17, 15) is 14.4 Å². The van der Waals surface area contributed by atoms with Gasteiger partial charge in [-0.2, -0.15) is 0 Å². The number of amides is 3. The Labute approximate surface area is 106 Å². The Morgan fingerprint density at radius 1 is 1.33 bits per heavy atom. The molecule has 0 aliphatic carbocycles. The van der Waals surface area contributed by atoms with Crippen LogP contribution >= 0.6 is 0 Å². The molecule has 0 aromatic carbocycles. The molecule has 2 fully saturated rings. The van der Waals surface area contributed by atoms with E-state index in [0.29, 0.717) is 13.0 Å². The third kappa shape index (κ3) is 2.69. The van der Waals surface area contributed by atoms with Crippen LogP contribution in [0, 0.1) is 0 Å². The molecule has 0 radical (unpaired) electrons. The molecular weight excluding hydrogens is 234 g/mol. The summed E-state index contributed by atoms with van der Waals surface area (Å²) < 4.78 is 0. The Balaban J connectivity index is 1.71. The Morgan fingerprint density at radius 3 is 2.56 bits per heavy atom. The summed E-state index contributed by atoms with van der Waals surface area (Å²) in [6.45, 7) is 2.15. The minimum Gasteiger partial charge on any atom is -0.343 e. The van der Waals surface area contributed by atoms with E-state index >= 15 is 0 Å². The summed E-state index contributed by atoms with van der Waals surface area (Å²) in [6.07, 6.45) is 2.76. The SMILES string of the molecule is CN1C(=O)CC(NCCC(=O)N2CCCC2)C1=O. The van der Waals surface area contributed by atoms with Crippen molar-refractivity contribution < 1.29 is 14.4 Å². The molecule has 0 saturated carbocycles. The maximum atomic E-state index is 11.8. The topological polar surface area (TPSA) is 69.7 Å². The summed E-state index contributed by atoms with van der Waals surface area (Å²) in [5.41, 5.74) is 0. The lowest BCUT2D eigenvalue weighted by Crippen LogP contribution is -2.39. The van der Waals surface area contributed by atoms with E-state index in [-0.39, 0.29) is 24.1 Å². The fourth-order valence-corrected chi connectivity index (χ4v) is 2.39. The molecule has 1 N–H and O–H groups in total. The molecule has 1 atom stereocenters. The van der Waals surface area contributed by atoms with E-state index in [1.807, 2.05) is 4.90 Å². The van der Waals surface area contributed by atoms with Crippen LogP contribution in [0.25, 0.3) is 0 Å². The van der Waals surface area contributed by atoms with Gasteiger partial charge in [0.25, 0.3) is 0 Å². The van der Waals surface area contributed by atoms with E-state index in [2.05, 4.69) is 5.32 Å². The molecule has 2 aliphatic rings. The highest BCUT2D eigenvalue weighted by atomic mass is 16.2. The monoisotopic (exact) mass is 253 g/mol. The minimum atomic E-state index is -0.450. The molecule has 0 spiro atoms. The van der Waals surface area contributed by atoms with Gasteiger partial charge in [0, 0.05) is 33.1 Å². The highest BCUT2D eigenvalue weighted by Crippen LogP contribution is 2.11. The standard InChI is InChI=1S/C12H19N3O3/c1-14-11(17)8-9(12(14)18)13-5-4-10(16)15-6-2-3-7-15/h9,13H,2-8H2,1H3. The van der Waals surface area contributed by atoms with Gasteiger partial charge in [0.2, 0.25) is 17.7 Å². The number of imide groups is 1. The number of carbonyl (C=O) groups is 3. The van der Waals surface area contributed by atoms with Crippen LogP contribution in [0.15, 0.2) is 0 Å². The first-order valence-corrected chi connectivity index (χ1v) is 6.41. The molecule has 2 rings (SSSR count). The molecular formula is C12H19N3O3. The molecule has 1 unspecified atom stereocenters. The number of rotatable bonds is 4. The van der Waals surface area contributed by atoms with Crippen molar-refractivity contribution in [2.75, 3.05) is 26.7 Å². The molecule has 0 aromatic heterocycles. The Morgan fingerprint density at radius 2 is 2.00 bits per heavy atom. The number of likely N-dealkylation sites (N-methyl/N-ethyl adjacent to an activating group) is 1. The summed E-state index contributed by atoms with van der Waals surface area (Å²) in [6, 6.07) is -0.450. The molecule has 2 heterocycles. The molecule has 100 valence electrons.